The lowest BCUT2D eigenvalue weighted by atomic mass is 10.1. The van der Waals surface area contributed by atoms with Crippen LogP contribution in [0.3, 0.4) is 0 Å². The van der Waals surface area contributed by atoms with Gasteiger partial charge >= 0.3 is 0 Å². The van der Waals surface area contributed by atoms with E-state index in [9.17, 15) is 0 Å². The van der Waals surface area contributed by atoms with E-state index in [2.05, 4.69) is 52.3 Å². The lowest BCUT2D eigenvalue weighted by Gasteiger charge is -2.07. The molecule has 1 aromatic carbocycles. The minimum Gasteiger partial charge on any atom is -0.389 e. The number of nitrogens with zero attached hydrogens (tertiary/aromatic N) is 3. The average Bonchev–Trinajstić information content (AvgIpc) is 2.84. The molecule has 0 bridgehead atoms. The third kappa shape index (κ3) is 3.17. The molecule has 0 aliphatic rings. The van der Waals surface area contributed by atoms with E-state index in [-0.39, 0.29) is 0 Å². The highest BCUT2D eigenvalue weighted by Gasteiger charge is 2.07. The predicted octanol–water partition coefficient (Wildman–Crippen LogP) is 3.54. The highest BCUT2D eigenvalue weighted by atomic mass is 32.1. The topological polar surface area (TPSA) is 76.7 Å². The van der Waals surface area contributed by atoms with E-state index in [1.807, 2.05) is 6.07 Å². The molecular formula is C15H15N5S. The van der Waals surface area contributed by atoms with E-state index in [0.717, 1.165) is 16.4 Å². The van der Waals surface area contributed by atoms with Gasteiger partial charge in [-0.15, -0.1) is 0 Å². The van der Waals surface area contributed by atoms with Gasteiger partial charge in [-0.1, -0.05) is 17.4 Å². The number of nitrogens with two attached hydrogens (primary N) is 1. The van der Waals surface area contributed by atoms with E-state index in [0.29, 0.717) is 10.9 Å². The number of nitrogen functional groups attached to an aromatic ring is 1. The van der Waals surface area contributed by atoms with E-state index in [4.69, 9.17) is 5.73 Å². The Balaban J connectivity index is 1.89. The number of hydrogen-bond donors (Lipinski definition) is 2. The normalized spacial score (nSPS) is 10.6. The molecule has 0 aliphatic carbocycles. The van der Waals surface area contributed by atoms with Gasteiger partial charge in [0, 0.05) is 11.9 Å². The molecule has 5 nitrogen and oxygen atoms in total. The molecule has 21 heavy (non-hydrogen) atoms. The lowest BCUT2D eigenvalue weighted by molar-refractivity contribution is 1.16. The summed E-state index contributed by atoms with van der Waals surface area (Å²) in [5.74, 6) is 0.547. The summed E-state index contributed by atoms with van der Waals surface area (Å²) in [5.41, 5.74) is 9.84. The summed E-state index contributed by atoms with van der Waals surface area (Å²) in [7, 11) is 0. The molecule has 2 aromatic heterocycles. The fourth-order valence-electron chi connectivity index (χ4n) is 2.12. The Kier molecular flexibility index (Phi) is 3.53. The largest absolute Gasteiger partial charge is 0.389 e. The van der Waals surface area contributed by atoms with Crippen LogP contribution >= 0.6 is 11.3 Å². The number of aromatic nitrogens is 3. The minimum absolute atomic E-state index is 0.547. The van der Waals surface area contributed by atoms with Crippen molar-refractivity contribution in [2.45, 2.75) is 13.8 Å². The van der Waals surface area contributed by atoms with Crippen LogP contribution in [0.25, 0.3) is 10.7 Å². The van der Waals surface area contributed by atoms with E-state index in [1.165, 1.54) is 22.5 Å². The van der Waals surface area contributed by atoms with Gasteiger partial charge in [-0.25, -0.2) is 15.0 Å². The van der Waals surface area contributed by atoms with Crippen LogP contribution in [0.1, 0.15) is 11.1 Å². The summed E-state index contributed by atoms with van der Waals surface area (Å²) in [6, 6.07) is 8.07. The first-order valence-electron chi connectivity index (χ1n) is 6.50. The van der Waals surface area contributed by atoms with Gasteiger partial charge in [-0.05, 0) is 43.2 Å². The van der Waals surface area contributed by atoms with Crippen molar-refractivity contribution in [3.05, 3.63) is 47.8 Å². The fraction of sp³-hybridized carbons (Fsp3) is 0.133. The van der Waals surface area contributed by atoms with Crippen molar-refractivity contribution in [1.29, 1.82) is 0 Å². The Morgan fingerprint density at radius 2 is 1.86 bits per heavy atom. The van der Waals surface area contributed by atoms with Crippen molar-refractivity contribution >= 4 is 28.0 Å². The first-order valence-corrected chi connectivity index (χ1v) is 7.32. The van der Waals surface area contributed by atoms with Gasteiger partial charge in [-0.3, -0.25) is 0 Å². The number of nitrogens with one attached hydrogen (secondary N) is 1. The maximum Gasteiger partial charge on any atom is 0.227 e. The molecule has 2 heterocycles. The number of thiazole rings is 1. The summed E-state index contributed by atoms with van der Waals surface area (Å²) in [4.78, 5) is 13.0. The monoisotopic (exact) mass is 297 g/mol. The summed E-state index contributed by atoms with van der Waals surface area (Å²) in [6.07, 6.45) is 3.35. The van der Waals surface area contributed by atoms with Gasteiger partial charge in [0.05, 0.1) is 6.20 Å². The van der Waals surface area contributed by atoms with Gasteiger partial charge in [0.25, 0.3) is 0 Å². The Labute approximate surface area is 126 Å². The summed E-state index contributed by atoms with van der Waals surface area (Å²) in [6.45, 7) is 4.13. The zero-order valence-corrected chi connectivity index (χ0v) is 12.6. The van der Waals surface area contributed by atoms with Crippen LogP contribution in [0.4, 0.5) is 16.6 Å². The molecule has 0 unspecified atom stereocenters. The second-order valence-corrected chi connectivity index (χ2v) is 5.90. The van der Waals surface area contributed by atoms with Crippen molar-refractivity contribution in [3.8, 4) is 10.7 Å². The Hall–Kier alpha value is -2.47. The molecule has 0 saturated carbocycles. The van der Waals surface area contributed by atoms with Gasteiger partial charge in [0.15, 0.2) is 0 Å². The first-order chi connectivity index (χ1) is 10.1. The molecule has 0 fully saturated rings. The maximum atomic E-state index is 5.71. The third-order valence-electron chi connectivity index (χ3n) is 2.88. The summed E-state index contributed by atoms with van der Waals surface area (Å²) >= 11 is 1.41. The number of anilines is 3. The van der Waals surface area contributed by atoms with Crippen molar-refractivity contribution in [3.63, 3.8) is 0 Å². The second-order valence-electron chi connectivity index (χ2n) is 4.83. The standard InChI is InChI=1S/C15H15N5S/c1-9-5-10(2)7-11(6-9)19-15-17-4-3-12(20-15)14-18-8-13(16)21-14/h3-8H,16H2,1-2H3,(H,17,19,20). The van der Waals surface area contributed by atoms with Crippen LogP contribution < -0.4 is 11.1 Å². The number of rotatable bonds is 3. The summed E-state index contributed by atoms with van der Waals surface area (Å²) in [5, 5.41) is 4.69. The number of aryl methyl sites for hydroxylation is 2. The molecule has 3 aromatic rings. The molecule has 3 N–H and O–H groups in total. The van der Waals surface area contributed by atoms with E-state index < -0.39 is 0 Å². The van der Waals surface area contributed by atoms with Crippen LogP contribution in [0.2, 0.25) is 0 Å². The van der Waals surface area contributed by atoms with Crippen molar-refractivity contribution in [2.24, 2.45) is 0 Å². The molecule has 0 atom stereocenters. The highest BCUT2D eigenvalue weighted by molar-refractivity contribution is 7.18. The van der Waals surface area contributed by atoms with Gasteiger partial charge in [0.1, 0.15) is 15.7 Å². The zero-order chi connectivity index (χ0) is 14.8. The van der Waals surface area contributed by atoms with Crippen LogP contribution in [0, 0.1) is 13.8 Å². The Bertz CT molecular complexity index is 761. The SMILES string of the molecule is Cc1cc(C)cc(Nc2nccc(-c3ncc(N)s3)n2)c1. The number of hydrogen-bond acceptors (Lipinski definition) is 6. The molecule has 0 radical (unpaired) electrons. The third-order valence-corrected chi connectivity index (χ3v) is 3.73. The maximum absolute atomic E-state index is 5.71. The van der Waals surface area contributed by atoms with Crippen molar-refractivity contribution in [2.75, 3.05) is 11.1 Å². The van der Waals surface area contributed by atoms with Crippen LogP contribution in [-0.2, 0) is 0 Å². The molecule has 0 amide bonds. The lowest BCUT2D eigenvalue weighted by Crippen LogP contribution is -1.98. The highest BCUT2D eigenvalue weighted by Crippen LogP contribution is 2.25. The predicted molar refractivity (Wildman–Crippen MR) is 86.8 cm³/mol. The zero-order valence-electron chi connectivity index (χ0n) is 11.8. The van der Waals surface area contributed by atoms with Gasteiger partial charge < -0.3 is 11.1 Å². The van der Waals surface area contributed by atoms with Gasteiger partial charge in [-0.2, -0.15) is 0 Å². The average molecular weight is 297 g/mol. The van der Waals surface area contributed by atoms with Crippen molar-refractivity contribution < 1.29 is 0 Å². The molecule has 0 saturated heterocycles. The van der Waals surface area contributed by atoms with Crippen molar-refractivity contribution in [1.82, 2.24) is 15.0 Å². The van der Waals surface area contributed by atoms with E-state index in [1.54, 1.807) is 12.4 Å². The molecular weight excluding hydrogens is 282 g/mol. The summed E-state index contributed by atoms with van der Waals surface area (Å²) < 4.78 is 0. The van der Waals surface area contributed by atoms with Crippen LogP contribution in [0.5, 0.6) is 0 Å². The molecule has 6 heteroatoms. The molecule has 3 rings (SSSR count). The minimum atomic E-state index is 0.547. The van der Waals surface area contributed by atoms with Crippen LogP contribution in [0.15, 0.2) is 36.7 Å². The second kappa shape index (κ2) is 5.49. The van der Waals surface area contributed by atoms with Crippen LogP contribution in [-0.4, -0.2) is 15.0 Å². The Morgan fingerprint density at radius 1 is 1.10 bits per heavy atom. The van der Waals surface area contributed by atoms with E-state index >= 15 is 0 Å². The molecule has 0 spiro atoms. The van der Waals surface area contributed by atoms with Gasteiger partial charge in [0.2, 0.25) is 5.95 Å². The smallest absolute Gasteiger partial charge is 0.227 e. The number of benzene rings is 1. The molecule has 0 aliphatic heterocycles. The quantitative estimate of drug-likeness (QED) is 0.773. The molecule has 106 valence electrons. The first kappa shape index (κ1) is 13.5. The Morgan fingerprint density at radius 3 is 2.52 bits per heavy atom. The fourth-order valence-corrected chi connectivity index (χ4v) is 2.77.